The number of rotatable bonds is 6. The van der Waals surface area contributed by atoms with Gasteiger partial charge in [0.05, 0.1) is 38.6 Å². The van der Waals surface area contributed by atoms with Crippen LogP contribution in [-0.2, 0) is 9.59 Å². The number of amides is 2. The average molecular weight is 405 g/mol. The van der Waals surface area contributed by atoms with E-state index in [0.29, 0.717) is 33.6 Å². The quantitative estimate of drug-likeness (QED) is 0.798. The van der Waals surface area contributed by atoms with E-state index in [4.69, 9.17) is 25.8 Å². The lowest BCUT2D eigenvalue weighted by molar-refractivity contribution is -0.122. The van der Waals surface area contributed by atoms with E-state index in [1.54, 1.807) is 43.5 Å². The highest BCUT2D eigenvalue weighted by Gasteiger charge is 2.36. The first-order chi connectivity index (χ1) is 13.5. The van der Waals surface area contributed by atoms with Gasteiger partial charge < -0.3 is 24.4 Å². The van der Waals surface area contributed by atoms with E-state index in [1.807, 2.05) is 0 Å². The highest BCUT2D eigenvalue weighted by molar-refractivity contribution is 6.31. The molecule has 1 N–H and O–H groups in total. The summed E-state index contributed by atoms with van der Waals surface area (Å²) in [6, 6.07) is 10.1. The Hall–Kier alpha value is -2.93. The molecule has 2 aromatic carbocycles. The van der Waals surface area contributed by atoms with E-state index in [2.05, 4.69) is 5.32 Å². The van der Waals surface area contributed by atoms with Gasteiger partial charge in [-0.15, -0.1) is 0 Å². The van der Waals surface area contributed by atoms with E-state index in [-0.39, 0.29) is 24.8 Å². The predicted octanol–water partition coefficient (Wildman–Crippen LogP) is 3.36. The van der Waals surface area contributed by atoms with Gasteiger partial charge in [-0.2, -0.15) is 0 Å². The Kier molecular flexibility index (Phi) is 5.94. The van der Waals surface area contributed by atoms with E-state index in [0.717, 1.165) is 0 Å². The summed E-state index contributed by atoms with van der Waals surface area (Å²) in [7, 11) is 4.58. The molecule has 0 radical (unpaired) electrons. The van der Waals surface area contributed by atoms with Crippen LogP contribution in [0.25, 0.3) is 0 Å². The predicted molar refractivity (Wildman–Crippen MR) is 107 cm³/mol. The first-order valence-electron chi connectivity index (χ1n) is 8.63. The summed E-state index contributed by atoms with van der Waals surface area (Å²) in [6.07, 6.45) is 0.0911. The van der Waals surface area contributed by atoms with Crippen LogP contribution in [0, 0.1) is 5.92 Å². The molecular formula is C20H21ClN2O5. The van der Waals surface area contributed by atoms with Crippen molar-refractivity contribution in [2.45, 2.75) is 6.42 Å². The lowest BCUT2D eigenvalue weighted by Gasteiger charge is -2.20. The summed E-state index contributed by atoms with van der Waals surface area (Å²) in [5.74, 6) is 0.651. The van der Waals surface area contributed by atoms with Crippen LogP contribution in [0.5, 0.6) is 17.2 Å². The van der Waals surface area contributed by atoms with Crippen LogP contribution < -0.4 is 24.4 Å². The van der Waals surface area contributed by atoms with Gasteiger partial charge in [-0.05, 0) is 30.3 Å². The Morgan fingerprint density at radius 2 is 1.79 bits per heavy atom. The Labute approximate surface area is 168 Å². The second kappa shape index (κ2) is 8.39. The molecule has 1 atom stereocenters. The number of nitrogens with zero attached hydrogens (tertiary/aromatic N) is 1. The molecule has 0 bridgehead atoms. The first-order valence-corrected chi connectivity index (χ1v) is 9.01. The minimum Gasteiger partial charge on any atom is -0.497 e. The topological polar surface area (TPSA) is 77.1 Å². The summed E-state index contributed by atoms with van der Waals surface area (Å²) < 4.78 is 15.8. The third kappa shape index (κ3) is 3.99. The number of carbonyl (C=O) groups is 2. The van der Waals surface area contributed by atoms with Crippen molar-refractivity contribution in [3.63, 3.8) is 0 Å². The lowest BCUT2D eigenvalue weighted by Crippen LogP contribution is -2.28. The van der Waals surface area contributed by atoms with Gasteiger partial charge in [0.25, 0.3) is 0 Å². The number of hydrogen-bond donors (Lipinski definition) is 1. The number of halogens is 1. The first kappa shape index (κ1) is 19.8. The van der Waals surface area contributed by atoms with Crippen LogP contribution in [0.1, 0.15) is 6.42 Å². The van der Waals surface area contributed by atoms with Gasteiger partial charge in [0.2, 0.25) is 11.8 Å². The number of hydrogen-bond acceptors (Lipinski definition) is 5. The zero-order valence-corrected chi connectivity index (χ0v) is 16.6. The average Bonchev–Trinajstić information content (AvgIpc) is 3.09. The van der Waals surface area contributed by atoms with E-state index < -0.39 is 5.92 Å². The van der Waals surface area contributed by atoms with Crippen molar-refractivity contribution in [1.29, 1.82) is 0 Å². The summed E-state index contributed by atoms with van der Waals surface area (Å²) in [6.45, 7) is 0.230. The smallest absolute Gasteiger partial charge is 0.229 e. The summed E-state index contributed by atoms with van der Waals surface area (Å²) in [5, 5.41) is 3.31. The van der Waals surface area contributed by atoms with Crippen molar-refractivity contribution < 1.29 is 23.8 Å². The Balaban J connectivity index is 1.79. The summed E-state index contributed by atoms with van der Waals surface area (Å²) >= 11 is 6.07. The number of anilines is 2. The number of ether oxygens (including phenoxy) is 3. The fraction of sp³-hybridized carbons (Fsp3) is 0.300. The number of benzene rings is 2. The molecule has 28 heavy (non-hydrogen) atoms. The highest BCUT2D eigenvalue weighted by Crippen LogP contribution is 2.36. The van der Waals surface area contributed by atoms with Crippen LogP contribution in [0.3, 0.4) is 0 Å². The van der Waals surface area contributed by atoms with Gasteiger partial charge >= 0.3 is 0 Å². The van der Waals surface area contributed by atoms with Gasteiger partial charge in [0.15, 0.2) is 0 Å². The SMILES string of the molecule is COc1ccc(OC)c(NC(=O)[C@@H]2CC(=O)N(c3cc(Cl)ccc3OC)C2)c1. The van der Waals surface area contributed by atoms with Gasteiger partial charge in [0.1, 0.15) is 17.2 Å². The van der Waals surface area contributed by atoms with Gasteiger partial charge in [-0.25, -0.2) is 0 Å². The fourth-order valence-corrected chi connectivity index (χ4v) is 3.30. The maximum atomic E-state index is 12.8. The van der Waals surface area contributed by atoms with Crippen LogP contribution >= 0.6 is 11.6 Å². The fourth-order valence-electron chi connectivity index (χ4n) is 3.14. The lowest BCUT2D eigenvalue weighted by atomic mass is 10.1. The summed E-state index contributed by atoms with van der Waals surface area (Å²) in [5.41, 5.74) is 1.03. The van der Waals surface area contributed by atoms with Crippen molar-refractivity contribution >= 4 is 34.8 Å². The highest BCUT2D eigenvalue weighted by atomic mass is 35.5. The molecule has 1 heterocycles. The molecule has 2 aromatic rings. The Bertz CT molecular complexity index is 902. The zero-order valence-electron chi connectivity index (χ0n) is 15.8. The second-order valence-corrected chi connectivity index (χ2v) is 6.71. The largest absolute Gasteiger partial charge is 0.497 e. The van der Waals surface area contributed by atoms with Crippen LogP contribution in [0.2, 0.25) is 5.02 Å². The Morgan fingerprint density at radius 1 is 1.07 bits per heavy atom. The maximum Gasteiger partial charge on any atom is 0.229 e. The maximum absolute atomic E-state index is 12.8. The van der Waals surface area contributed by atoms with E-state index >= 15 is 0 Å². The van der Waals surface area contributed by atoms with Gasteiger partial charge in [-0.1, -0.05) is 11.6 Å². The molecule has 8 heteroatoms. The molecule has 0 saturated carbocycles. The third-order valence-electron chi connectivity index (χ3n) is 4.59. The summed E-state index contributed by atoms with van der Waals surface area (Å²) in [4.78, 5) is 26.9. The van der Waals surface area contributed by atoms with Crippen LogP contribution in [0.15, 0.2) is 36.4 Å². The molecule has 1 aliphatic rings. The monoisotopic (exact) mass is 404 g/mol. The standard InChI is InChI=1S/C20H21ClN2O5/c1-26-14-5-7-17(27-2)15(10-14)22-20(25)12-8-19(24)23(11-12)16-9-13(21)4-6-18(16)28-3/h4-7,9-10,12H,8,11H2,1-3H3,(H,22,25)/t12-/m1/s1. The molecule has 3 rings (SSSR count). The van der Waals surface area contributed by atoms with Crippen molar-refractivity contribution in [2.24, 2.45) is 5.92 Å². The molecule has 0 spiro atoms. The molecule has 0 aliphatic carbocycles. The zero-order chi connectivity index (χ0) is 20.3. The normalized spacial score (nSPS) is 16.1. The molecular weight excluding hydrogens is 384 g/mol. The molecule has 0 aromatic heterocycles. The van der Waals surface area contributed by atoms with Crippen molar-refractivity contribution in [3.8, 4) is 17.2 Å². The molecule has 0 unspecified atom stereocenters. The van der Waals surface area contributed by atoms with Crippen molar-refractivity contribution in [1.82, 2.24) is 0 Å². The van der Waals surface area contributed by atoms with Gasteiger partial charge in [0, 0.05) is 24.1 Å². The van der Waals surface area contributed by atoms with E-state index in [1.165, 1.54) is 19.1 Å². The van der Waals surface area contributed by atoms with Crippen molar-refractivity contribution in [2.75, 3.05) is 38.1 Å². The molecule has 1 fully saturated rings. The Morgan fingerprint density at radius 3 is 2.46 bits per heavy atom. The number of carbonyl (C=O) groups excluding carboxylic acids is 2. The van der Waals surface area contributed by atoms with E-state index in [9.17, 15) is 9.59 Å². The number of nitrogens with one attached hydrogen (secondary N) is 1. The molecule has 2 amide bonds. The molecule has 1 aliphatic heterocycles. The van der Waals surface area contributed by atoms with Crippen LogP contribution in [-0.4, -0.2) is 39.7 Å². The third-order valence-corrected chi connectivity index (χ3v) is 4.83. The minimum atomic E-state index is -0.521. The molecule has 148 valence electrons. The van der Waals surface area contributed by atoms with Crippen molar-refractivity contribution in [3.05, 3.63) is 41.4 Å². The molecule has 1 saturated heterocycles. The second-order valence-electron chi connectivity index (χ2n) is 6.28. The van der Waals surface area contributed by atoms with Crippen LogP contribution in [0.4, 0.5) is 11.4 Å². The molecule has 7 nitrogen and oxygen atoms in total. The van der Waals surface area contributed by atoms with Gasteiger partial charge in [-0.3, -0.25) is 9.59 Å². The minimum absolute atomic E-state index is 0.0911. The number of methoxy groups -OCH3 is 3.